The summed E-state index contributed by atoms with van der Waals surface area (Å²) in [6.45, 7) is -1.77. The lowest BCUT2D eigenvalue weighted by atomic mass is 10.0. The molecule has 1 aliphatic rings. The van der Waals surface area contributed by atoms with Crippen LogP contribution >= 0.6 is 23.5 Å². The highest BCUT2D eigenvalue weighted by molar-refractivity contribution is 7.99. The van der Waals surface area contributed by atoms with Crippen molar-refractivity contribution in [1.29, 1.82) is 0 Å². The average Bonchev–Trinajstić information content (AvgIpc) is 3.78. The number of nitrogens with one attached hydrogen (secondary N) is 2. The van der Waals surface area contributed by atoms with E-state index in [4.69, 9.17) is 16.3 Å². The molecule has 61 heavy (non-hydrogen) atoms. The lowest BCUT2D eigenvalue weighted by molar-refractivity contribution is -0.148. The van der Waals surface area contributed by atoms with Gasteiger partial charge in [0.15, 0.2) is 18.1 Å². The zero-order valence-corrected chi connectivity index (χ0v) is 33.2. The minimum atomic E-state index is -4.60. The molecule has 2 N–H and O–H groups in total. The van der Waals surface area contributed by atoms with Gasteiger partial charge >= 0.3 is 12.3 Å². The number of benzene rings is 2. The predicted octanol–water partition coefficient (Wildman–Crippen LogP) is 8.09. The van der Waals surface area contributed by atoms with Crippen molar-refractivity contribution < 1.29 is 53.4 Å². The molecule has 0 bridgehead atoms. The molecule has 0 saturated carbocycles. The fraction of sp³-hybridized carbons (Fsp3) is 0.351. The van der Waals surface area contributed by atoms with Gasteiger partial charge in [0.2, 0.25) is 11.8 Å². The van der Waals surface area contributed by atoms with Gasteiger partial charge in [-0.3, -0.25) is 23.5 Å². The molecular formula is C37H30ClF10N9O3S. The summed E-state index contributed by atoms with van der Waals surface area (Å²) in [5.74, 6) is -13.9. The molecule has 7 rings (SSSR count). The summed E-state index contributed by atoms with van der Waals surface area (Å²) in [4.78, 5) is 37.2. The Balaban J connectivity index is 1.44. The van der Waals surface area contributed by atoms with Crippen LogP contribution in [-0.4, -0.2) is 65.2 Å². The second kappa shape index (κ2) is 16.4. The first kappa shape index (κ1) is 43.5. The summed E-state index contributed by atoms with van der Waals surface area (Å²) in [5, 5.41) is 10.7. The number of carbonyl (C=O) groups is 1. The summed E-state index contributed by atoms with van der Waals surface area (Å²) in [7, 11) is 1.51. The van der Waals surface area contributed by atoms with E-state index in [1.54, 1.807) is 6.26 Å². The van der Waals surface area contributed by atoms with Crippen molar-refractivity contribution in [3.63, 3.8) is 0 Å². The largest absolute Gasteiger partial charge is 0.471 e. The second-order valence-corrected chi connectivity index (χ2v) is 15.1. The Morgan fingerprint density at radius 1 is 1.07 bits per heavy atom. The van der Waals surface area contributed by atoms with E-state index in [2.05, 4.69) is 30.2 Å². The second-order valence-electron chi connectivity index (χ2n) is 14.1. The van der Waals surface area contributed by atoms with Crippen molar-refractivity contribution in [2.45, 2.75) is 57.0 Å². The lowest BCUT2D eigenvalue weighted by Gasteiger charge is -2.24. The van der Waals surface area contributed by atoms with E-state index in [0.29, 0.717) is 16.1 Å². The monoisotopic (exact) mass is 905 g/mol. The molecule has 4 heterocycles. The third-order valence-corrected chi connectivity index (χ3v) is 10.6. The molecule has 1 amide bonds. The van der Waals surface area contributed by atoms with Crippen LogP contribution < -0.4 is 20.3 Å². The highest BCUT2D eigenvalue weighted by Gasteiger charge is 2.51. The number of alkyl halides is 8. The molecule has 6 aromatic rings. The SMILES string of the molecule is CSNc1nn(C)c2c(-n3c(C(Cc4cc(F)cc(F)c4)NC(=O)Cn4nc(C(F)F)c5c4C(F)(F)C(C)C5)nc4nc(OCC(F)(F)C(F)F)ccc4c3=O)ccc(Cl)c12. The number of aromatic nitrogens is 7. The molecular weight excluding hydrogens is 876 g/mol. The molecule has 2 aromatic carbocycles. The molecule has 0 aliphatic heterocycles. The van der Waals surface area contributed by atoms with Crippen LogP contribution in [0.2, 0.25) is 5.02 Å². The Labute approximate surface area is 346 Å². The van der Waals surface area contributed by atoms with E-state index >= 15 is 8.78 Å². The summed E-state index contributed by atoms with van der Waals surface area (Å²) >= 11 is 7.77. The maximum atomic E-state index is 15.4. The Bertz CT molecular complexity index is 2730. The molecule has 2 atom stereocenters. The van der Waals surface area contributed by atoms with Crippen LogP contribution in [0.5, 0.6) is 5.88 Å². The lowest BCUT2D eigenvalue weighted by Crippen LogP contribution is -2.38. The standard InChI is InChI=1S/C37H30ClF10N9O3S/c1-15-8-20-27(30(41)42)52-56(29(20)37(15,47)48)13-24(58)49-22(11-16-9-17(39)12-18(40)10-16)33-51-31-19(4-7-25(50-31)60-14-36(45,46)35(43)44)34(59)57(33)23-6-5-21(38)26-28(23)55(2)53-32(26)54-61-3/h4-7,9-10,12,15,22,30,35H,8,11,13-14H2,1-3H3,(H,49,58)(H,53,54). The Kier molecular flexibility index (Phi) is 11.7. The number of pyridine rings is 1. The Morgan fingerprint density at radius 3 is 2.43 bits per heavy atom. The molecule has 24 heteroatoms. The summed E-state index contributed by atoms with van der Waals surface area (Å²) in [6.07, 6.45) is -6.73. The first-order valence-corrected chi connectivity index (χ1v) is 19.5. The summed E-state index contributed by atoms with van der Waals surface area (Å²) in [5.41, 5.74) is -3.72. The van der Waals surface area contributed by atoms with Gasteiger partial charge in [0.1, 0.15) is 35.4 Å². The number of halogens is 11. The van der Waals surface area contributed by atoms with Crippen molar-refractivity contribution in [2.24, 2.45) is 13.0 Å². The molecule has 0 fully saturated rings. The van der Waals surface area contributed by atoms with E-state index in [0.717, 1.165) is 47.7 Å². The van der Waals surface area contributed by atoms with E-state index in [1.807, 2.05) is 0 Å². The number of carbonyl (C=O) groups excluding carboxylic acids is 1. The number of hydrogen-bond donors (Lipinski definition) is 2. The third-order valence-electron chi connectivity index (χ3n) is 9.86. The first-order chi connectivity index (χ1) is 28.7. The highest BCUT2D eigenvalue weighted by Crippen LogP contribution is 2.48. The number of hydrogen-bond acceptors (Lipinski definition) is 9. The number of amides is 1. The average molecular weight is 906 g/mol. The van der Waals surface area contributed by atoms with Gasteiger partial charge in [-0.15, -0.1) is 0 Å². The van der Waals surface area contributed by atoms with Gasteiger partial charge in [-0.2, -0.15) is 32.7 Å². The maximum absolute atomic E-state index is 15.4. The minimum Gasteiger partial charge on any atom is -0.471 e. The van der Waals surface area contributed by atoms with Gasteiger partial charge in [0.05, 0.1) is 33.0 Å². The van der Waals surface area contributed by atoms with Gasteiger partial charge in [-0.25, -0.2) is 31.3 Å². The number of ether oxygens (including phenoxy) is 1. The van der Waals surface area contributed by atoms with Gasteiger partial charge in [-0.05, 0) is 42.3 Å². The fourth-order valence-corrected chi connectivity index (χ4v) is 7.73. The molecule has 324 valence electrons. The van der Waals surface area contributed by atoms with Crippen molar-refractivity contribution in [1.82, 2.24) is 39.4 Å². The van der Waals surface area contributed by atoms with Crippen molar-refractivity contribution in [3.05, 3.63) is 97.8 Å². The van der Waals surface area contributed by atoms with Gasteiger partial charge in [-0.1, -0.05) is 30.5 Å². The van der Waals surface area contributed by atoms with Gasteiger partial charge < -0.3 is 14.8 Å². The molecule has 0 saturated heterocycles. The quantitative estimate of drug-likeness (QED) is 0.0823. The number of aryl methyl sites for hydroxylation is 1. The van der Waals surface area contributed by atoms with E-state index in [1.165, 1.54) is 23.9 Å². The van der Waals surface area contributed by atoms with Gasteiger partial charge in [0, 0.05) is 43.3 Å². The number of rotatable bonds is 14. The van der Waals surface area contributed by atoms with Crippen LogP contribution in [0.1, 0.15) is 47.7 Å². The molecule has 1 aliphatic carbocycles. The number of fused-ring (bicyclic) bond motifs is 3. The third kappa shape index (κ3) is 8.15. The summed E-state index contributed by atoms with van der Waals surface area (Å²) in [6, 6.07) is 5.43. The molecule has 4 aromatic heterocycles. The number of anilines is 1. The summed E-state index contributed by atoms with van der Waals surface area (Å²) < 4.78 is 152. The van der Waals surface area contributed by atoms with Crippen LogP contribution in [0, 0.1) is 17.6 Å². The molecule has 2 unspecified atom stereocenters. The van der Waals surface area contributed by atoms with Gasteiger partial charge in [0.25, 0.3) is 17.9 Å². The number of nitrogens with zero attached hydrogens (tertiary/aromatic N) is 7. The fourth-order valence-electron chi connectivity index (χ4n) is 7.15. The van der Waals surface area contributed by atoms with Crippen molar-refractivity contribution in [2.75, 3.05) is 17.6 Å². The van der Waals surface area contributed by atoms with Crippen LogP contribution in [0.3, 0.4) is 0 Å². The van der Waals surface area contributed by atoms with Crippen LogP contribution in [0.25, 0.3) is 27.6 Å². The first-order valence-electron chi connectivity index (χ1n) is 17.9. The van der Waals surface area contributed by atoms with Crippen LogP contribution in [-0.2, 0) is 37.2 Å². The zero-order valence-electron chi connectivity index (χ0n) is 31.6. The Hall–Kier alpha value is -5.58. The zero-order chi connectivity index (χ0) is 44.3. The molecule has 12 nitrogen and oxygen atoms in total. The van der Waals surface area contributed by atoms with Crippen molar-refractivity contribution >= 4 is 57.2 Å². The van der Waals surface area contributed by atoms with Crippen LogP contribution in [0.15, 0.2) is 47.3 Å². The van der Waals surface area contributed by atoms with E-state index < -0.39 is 120 Å². The van der Waals surface area contributed by atoms with E-state index in [-0.39, 0.29) is 33.0 Å². The van der Waals surface area contributed by atoms with E-state index in [9.17, 15) is 44.7 Å². The van der Waals surface area contributed by atoms with Crippen LogP contribution in [0.4, 0.5) is 49.7 Å². The van der Waals surface area contributed by atoms with Crippen molar-refractivity contribution in [3.8, 4) is 11.6 Å². The predicted molar refractivity (Wildman–Crippen MR) is 203 cm³/mol. The molecule has 0 radical (unpaired) electrons. The Morgan fingerprint density at radius 2 is 1.77 bits per heavy atom. The smallest absolute Gasteiger partial charge is 0.340 e. The maximum Gasteiger partial charge on any atom is 0.340 e. The molecule has 0 spiro atoms. The minimum absolute atomic E-state index is 0.000345. The highest BCUT2D eigenvalue weighted by atomic mass is 35.5. The normalized spacial score (nSPS) is 15.6. The topological polar surface area (TPSA) is 134 Å².